The Hall–Kier alpha value is -2.50. The smallest absolute Gasteiger partial charge is 0.254 e. The van der Waals surface area contributed by atoms with Gasteiger partial charge in [0.2, 0.25) is 5.91 Å². The molecule has 1 saturated carbocycles. The molecule has 2 aromatic rings. The summed E-state index contributed by atoms with van der Waals surface area (Å²) in [6.45, 7) is 0.926. The van der Waals surface area contributed by atoms with E-state index in [-0.39, 0.29) is 17.9 Å². The Morgan fingerprint density at radius 1 is 1.22 bits per heavy atom. The fourth-order valence-corrected chi connectivity index (χ4v) is 2.93. The van der Waals surface area contributed by atoms with Crippen molar-refractivity contribution in [1.82, 2.24) is 15.2 Å². The maximum atomic E-state index is 12.8. The Balaban J connectivity index is 1.42. The van der Waals surface area contributed by atoms with Crippen molar-refractivity contribution in [2.24, 2.45) is 5.92 Å². The molecule has 0 bridgehead atoms. The first-order valence-corrected chi connectivity index (χ1v) is 7.71. The lowest BCUT2D eigenvalue weighted by molar-refractivity contribution is -0.124. The van der Waals surface area contributed by atoms with Gasteiger partial charge in [0.05, 0.1) is 23.0 Å². The lowest BCUT2D eigenvalue weighted by atomic mass is 10.0. The molecule has 2 aliphatic rings. The topological polar surface area (TPSA) is 62.3 Å². The Morgan fingerprint density at radius 2 is 1.96 bits per heavy atom. The standard InChI is InChI=1S/C17H16FN3O2/c18-14-7-13(14)16(22)20-10-8-21(9-10)17(23)12-5-6-19-15-4-2-1-3-11(12)15/h1-6,10,13-14H,7-9H2,(H,20,22). The van der Waals surface area contributed by atoms with E-state index in [0.29, 0.717) is 25.1 Å². The zero-order valence-electron chi connectivity index (χ0n) is 12.4. The van der Waals surface area contributed by atoms with Gasteiger partial charge in [-0.3, -0.25) is 14.6 Å². The predicted molar refractivity (Wildman–Crippen MR) is 82.6 cm³/mol. The number of rotatable bonds is 3. The summed E-state index contributed by atoms with van der Waals surface area (Å²) >= 11 is 0. The van der Waals surface area contributed by atoms with Gasteiger partial charge in [0.25, 0.3) is 5.91 Å². The molecule has 2 heterocycles. The summed E-state index contributed by atoms with van der Waals surface area (Å²) in [5.74, 6) is -0.781. The third-order valence-electron chi connectivity index (χ3n) is 4.44. The molecule has 2 atom stereocenters. The van der Waals surface area contributed by atoms with Crippen LogP contribution in [0.3, 0.4) is 0 Å². The number of halogens is 1. The SMILES string of the molecule is O=C(NC1CN(C(=O)c2ccnc3ccccc23)C1)C1CC1F. The summed E-state index contributed by atoms with van der Waals surface area (Å²) in [6, 6.07) is 9.15. The highest BCUT2D eigenvalue weighted by Gasteiger charge is 2.45. The van der Waals surface area contributed by atoms with Crippen LogP contribution in [0, 0.1) is 5.92 Å². The lowest BCUT2D eigenvalue weighted by Crippen LogP contribution is -2.61. The first-order valence-electron chi connectivity index (χ1n) is 7.71. The van der Waals surface area contributed by atoms with E-state index in [9.17, 15) is 14.0 Å². The number of pyridine rings is 1. The minimum atomic E-state index is -0.990. The van der Waals surface area contributed by atoms with Crippen LogP contribution in [0.25, 0.3) is 10.9 Å². The lowest BCUT2D eigenvalue weighted by Gasteiger charge is -2.39. The van der Waals surface area contributed by atoms with Gasteiger partial charge in [-0.05, 0) is 18.6 Å². The third kappa shape index (κ3) is 2.54. The van der Waals surface area contributed by atoms with Crippen LogP contribution in [0.4, 0.5) is 4.39 Å². The molecule has 4 rings (SSSR count). The van der Waals surface area contributed by atoms with Crippen molar-refractivity contribution in [2.45, 2.75) is 18.6 Å². The normalized spacial score (nSPS) is 23.4. The van der Waals surface area contributed by atoms with Crippen molar-refractivity contribution < 1.29 is 14.0 Å². The average molecular weight is 313 g/mol. The number of carbonyl (C=O) groups is 2. The van der Waals surface area contributed by atoms with Crippen molar-refractivity contribution >= 4 is 22.7 Å². The number of para-hydroxylation sites is 1. The van der Waals surface area contributed by atoms with Gasteiger partial charge in [-0.15, -0.1) is 0 Å². The molecule has 1 aliphatic carbocycles. The van der Waals surface area contributed by atoms with Gasteiger partial charge in [0.1, 0.15) is 6.17 Å². The number of carbonyl (C=O) groups excluding carboxylic acids is 2. The number of nitrogens with one attached hydrogen (secondary N) is 1. The number of likely N-dealkylation sites (tertiary alicyclic amines) is 1. The Bertz CT molecular complexity index is 783. The monoisotopic (exact) mass is 313 g/mol. The number of aromatic nitrogens is 1. The van der Waals surface area contributed by atoms with E-state index in [2.05, 4.69) is 10.3 Å². The number of alkyl halides is 1. The molecular weight excluding hydrogens is 297 g/mol. The maximum absolute atomic E-state index is 12.8. The molecular formula is C17H16FN3O2. The molecule has 2 unspecified atom stereocenters. The molecule has 0 spiro atoms. The fraction of sp³-hybridized carbons (Fsp3) is 0.353. The van der Waals surface area contributed by atoms with Crippen LogP contribution in [0.5, 0.6) is 0 Å². The minimum Gasteiger partial charge on any atom is -0.349 e. The molecule has 2 amide bonds. The van der Waals surface area contributed by atoms with E-state index < -0.39 is 12.1 Å². The molecule has 1 aromatic heterocycles. The van der Waals surface area contributed by atoms with Crippen LogP contribution < -0.4 is 5.32 Å². The first kappa shape index (κ1) is 14.1. The molecule has 0 radical (unpaired) electrons. The van der Waals surface area contributed by atoms with Gasteiger partial charge < -0.3 is 10.2 Å². The van der Waals surface area contributed by atoms with E-state index >= 15 is 0 Å². The number of fused-ring (bicyclic) bond motifs is 1. The van der Waals surface area contributed by atoms with Gasteiger partial charge in [-0.25, -0.2) is 4.39 Å². The molecule has 1 N–H and O–H groups in total. The summed E-state index contributed by atoms with van der Waals surface area (Å²) in [5.41, 5.74) is 1.40. The molecule has 2 fully saturated rings. The highest BCUT2D eigenvalue weighted by Crippen LogP contribution is 2.34. The fourth-order valence-electron chi connectivity index (χ4n) is 2.93. The number of hydrogen-bond donors (Lipinski definition) is 1. The Morgan fingerprint density at radius 3 is 2.70 bits per heavy atom. The van der Waals surface area contributed by atoms with Crippen molar-refractivity contribution in [3.05, 3.63) is 42.1 Å². The second-order valence-corrected chi connectivity index (χ2v) is 6.15. The summed E-state index contributed by atoms with van der Waals surface area (Å²) in [5, 5.41) is 3.62. The van der Waals surface area contributed by atoms with Gasteiger partial charge in [0, 0.05) is 24.7 Å². The molecule has 1 aromatic carbocycles. The number of hydrogen-bond acceptors (Lipinski definition) is 3. The quantitative estimate of drug-likeness (QED) is 0.935. The summed E-state index contributed by atoms with van der Waals surface area (Å²) < 4.78 is 12.8. The molecule has 23 heavy (non-hydrogen) atoms. The van der Waals surface area contributed by atoms with E-state index in [4.69, 9.17) is 0 Å². The van der Waals surface area contributed by atoms with Crippen LogP contribution in [0.15, 0.2) is 36.5 Å². The van der Waals surface area contributed by atoms with Crippen molar-refractivity contribution in [3.8, 4) is 0 Å². The molecule has 118 valence electrons. The van der Waals surface area contributed by atoms with Crippen LogP contribution in [0.1, 0.15) is 16.8 Å². The molecule has 5 nitrogen and oxygen atoms in total. The summed E-state index contributed by atoms with van der Waals surface area (Å²) in [6.07, 6.45) is 0.962. The molecule has 6 heteroatoms. The molecule has 1 aliphatic heterocycles. The van der Waals surface area contributed by atoms with Crippen molar-refractivity contribution in [2.75, 3.05) is 13.1 Å². The predicted octanol–water partition coefficient (Wildman–Crippen LogP) is 1.53. The third-order valence-corrected chi connectivity index (χ3v) is 4.44. The Kier molecular flexibility index (Phi) is 3.25. The van der Waals surface area contributed by atoms with Crippen molar-refractivity contribution in [1.29, 1.82) is 0 Å². The maximum Gasteiger partial charge on any atom is 0.254 e. The van der Waals surface area contributed by atoms with E-state index in [1.54, 1.807) is 17.2 Å². The van der Waals surface area contributed by atoms with Crippen LogP contribution >= 0.6 is 0 Å². The van der Waals surface area contributed by atoms with Crippen LogP contribution in [-0.4, -0.2) is 47.0 Å². The largest absolute Gasteiger partial charge is 0.349 e. The van der Waals surface area contributed by atoms with Gasteiger partial charge in [-0.2, -0.15) is 0 Å². The number of amides is 2. The van der Waals surface area contributed by atoms with Crippen molar-refractivity contribution in [3.63, 3.8) is 0 Å². The first-order chi connectivity index (χ1) is 11.1. The summed E-state index contributed by atoms with van der Waals surface area (Å²) in [4.78, 5) is 30.2. The van der Waals surface area contributed by atoms with E-state index in [0.717, 1.165) is 10.9 Å². The second kappa shape index (κ2) is 5.30. The highest BCUT2D eigenvalue weighted by atomic mass is 19.1. The van der Waals surface area contributed by atoms with E-state index in [1.807, 2.05) is 24.3 Å². The zero-order valence-corrected chi connectivity index (χ0v) is 12.4. The van der Waals surface area contributed by atoms with Gasteiger partial charge in [-0.1, -0.05) is 18.2 Å². The van der Waals surface area contributed by atoms with Gasteiger partial charge in [0.15, 0.2) is 0 Å². The van der Waals surface area contributed by atoms with Crippen LogP contribution in [0.2, 0.25) is 0 Å². The minimum absolute atomic E-state index is 0.0658. The summed E-state index contributed by atoms with van der Waals surface area (Å²) in [7, 11) is 0. The van der Waals surface area contributed by atoms with Gasteiger partial charge >= 0.3 is 0 Å². The Labute approximate surface area is 132 Å². The highest BCUT2D eigenvalue weighted by molar-refractivity contribution is 6.06. The van der Waals surface area contributed by atoms with E-state index in [1.165, 1.54) is 0 Å². The number of benzene rings is 1. The number of nitrogens with zero attached hydrogens (tertiary/aromatic N) is 2. The zero-order chi connectivity index (χ0) is 16.0. The average Bonchev–Trinajstić information content (AvgIpc) is 3.26. The second-order valence-electron chi connectivity index (χ2n) is 6.15. The molecule has 1 saturated heterocycles. The van der Waals surface area contributed by atoms with Crippen LogP contribution in [-0.2, 0) is 4.79 Å².